The van der Waals surface area contributed by atoms with Crippen LogP contribution in [-0.2, 0) is 16.4 Å². The number of aromatic nitrogens is 1. The molecule has 0 amide bonds. The number of aryl methyl sites for hydroxylation is 1. The SMILES string of the molecule is CCOc1ccc2nc(C)cc(N3CCc4cc(S(=O)(=O)N5CCCC5)ccc43)c2c1. The number of anilines is 2. The third-order valence-corrected chi connectivity index (χ3v) is 8.03. The average Bonchev–Trinajstić information content (AvgIpc) is 3.44. The van der Waals surface area contributed by atoms with Crippen molar-refractivity contribution in [1.82, 2.24) is 9.29 Å². The Morgan fingerprint density at radius 1 is 1.00 bits per heavy atom. The van der Waals surface area contributed by atoms with Crippen molar-refractivity contribution in [2.75, 3.05) is 31.1 Å². The number of rotatable bonds is 5. The molecule has 0 aliphatic carbocycles. The number of hydrogen-bond acceptors (Lipinski definition) is 5. The van der Waals surface area contributed by atoms with Gasteiger partial charge in [0.2, 0.25) is 10.0 Å². The summed E-state index contributed by atoms with van der Waals surface area (Å²) in [6.07, 6.45) is 2.69. The van der Waals surface area contributed by atoms with E-state index in [1.54, 1.807) is 10.4 Å². The molecule has 0 unspecified atom stereocenters. The zero-order chi connectivity index (χ0) is 21.6. The molecular weight excluding hydrogens is 410 g/mol. The summed E-state index contributed by atoms with van der Waals surface area (Å²) in [5.41, 5.74) is 5.10. The minimum atomic E-state index is -3.41. The summed E-state index contributed by atoms with van der Waals surface area (Å²) in [6.45, 7) is 6.64. The lowest BCUT2D eigenvalue weighted by atomic mass is 10.1. The molecule has 2 aromatic carbocycles. The minimum Gasteiger partial charge on any atom is -0.494 e. The van der Waals surface area contributed by atoms with E-state index in [1.165, 1.54) is 0 Å². The zero-order valence-corrected chi connectivity index (χ0v) is 18.8. The van der Waals surface area contributed by atoms with Gasteiger partial charge >= 0.3 is 0 Å². The minimum absolute atomic E-state index is 0.407. The van der Waals surface area contributed by atoms with E-state index >= 15 is 0 Å². The average molecular weight is 438 g/mol. The first-order chi connectivity index (χ1) is 15.0. The standard InChI is InChI=1S/C24H27N3O3S/c1-3-30-19-6-8-22-21(16-19)24(14-17(2)25-22)27-13-10-18-15-20(7-9-23(18)27)31(28,29)26-11-4-5-12-26/h6-9,14-16H,3-5,10-13H2,1-2H3. The highest BCUT2D eigenvalue weighted by atomic mass is 32.2. The fourth-order valence-electron chi connectivity index (χ4n) is 4.66. The summed E-state index contributed by atoms with van der Waals surface area (Å²) in [4.78, 5) is 7.37. The quantitative estimate of drug-likeness (QED) is 0.591. The van der Waals surface area contributed by atoms with Gasteiger partial charge in [-0.3, -0.25) is 4.98 Å². The normalized spacial score (nSPS) is 16.8. The first kappa shape index (κ1) is 20.3. The Morgan fingerprint density at radius 3 is 2.58 bits per heavy atom. The Kier molecular flexibility index (Phi) is 5.10. The predicted octanol–water partition coefficient (Wildman–Crippen LogP) is 4.42. The van der Waals surface area contributed by atoms with Crippen LogP contribution in [0, 0.1) is 6.92 Å². The molecule has 6 nitrogen and oxygen atoms in total. The Labute approximate surface area is 183 Å². The van der Waals surface area contributed by atoms with Crippen molar-refractivity contribution in [2.24, 2.45) is 0 Å². The highest BCUT2D eigenvalue weighted by Gasteiger charge is 2.30. The molecule has 0 saturated carbocycles. The fraction of sp³-hybridized carbons (Fsp3) is 0.375. The summed E-state index contributed by atoms with van der Waals surface area (Å²) in [5.74, 6) is 0.827. The van der Waals surface area contributed by atoms with Crippen molar-refractivity contribution < 1.29 is 13.2 Å². The van der Waals surface area contributed by atoms with Crippen molar-refractivity contribution in [3.63, 3.8) is 0 Å². The van der Waals surface area contributed by atoms with Crippen LogP contribution in [0.25, 0.3) is 10.9 Å². The van der Waals surface area contributed by atoms with Gasteiger partial charge in [0.15, 0.2) is 0 Å². The molecule has 1 saturated heterocycles. The van der Waals surface area contributed by atoms with E-state index in [2.05, 4.69) is 16.0 Å². The van der Waals surface area contributed by atoms with Crippen molar-refractivity contribution in [1.29, 1.82) is 0 Å². The van der Waals surface area contributed by atoms with Crippen molar-refractivity contribution in [2.45, 2.75) is 38.0 Å². The van der Waals surface area contributed by atoms with Crippen molar-refractivity contribution >= 4 is 32.3 Å². The monoisotopic (exact) mass is 437 g/mol. The van der Waals surface area contributed by atoms with E-state index in [9.17, 15) is 8.42 Å². The van der Waals surface area contributed by atoms with Crippen LogP contribution in [-0.4, -0.2) is 43.9 Å². The third kappa shape index (κ3) is 3.55. The second-order valence-electron chi connectivity index (χ2n) is 8.20. The summed E-state index contributed by atoms with van der Waals surface area (Å²) in [7, 11) is -3.41. The van der Waals surface area contributed by atoms with E-state index in [-0.39, 0.29) is 0 Å². The van der Waals surface area contributed by atoms with Gasteiger partial charge in [-0.05, 0) is 81.1 Å². The van der Waals surface area contributed by atoms with Gasteiger partial charge in [-0.25, -0.2) is 8.42 Å². The zero-order valence-electron chi connectivity index (χ0n) is 18.0. The molecule has 31 heavy (non-hydrogen) atoms. The number of fused-ring (bicyclic) bond motifs is 2. The van der Waals surface area contributed by atoms with E-state index in [0.717, 1.165) is 65.1 Å². The van der Waals surface area contributed by atoms with Gasteiger partial charge in [0, 0.05) is 36.4 Å². The molecule has 3 aromatic rings. The maximum absolute atomic E-state index is 13.0. The number of hydrogen-bond donors (Lipinski definition) is 0. The summed E-state index contributed by atoms with van der Waals surface area (Å²) < 4.78 is 33.3. The summed E-state index contributed by atoms with van der Waals surface area (Å²) in [5, 5.41) is 1.04. The summed E-state index contributed by atoms with van der Waals surface area (Å²) >= 11 is 0. The van der Waals surface area contributed by atoms with Crippen LogP contribution >= 0.6 is 0 Å². The number of pyridine rings is 1. The first-order valence-corrected chi connectivity index (χ1v) is 12.4. The van der Waals surface area contributed by atoms with Crippen LogP contribution in [0.5, 0.6) is 5.75 Å². The number of ether oxygens (including phenoxy) is 1. The van der Waals surface area contributed by atoms with E-state index in [0.29, 0.717) is 24.6 Å². The lowest BCUT2D eigenvalue weighted by molar-refractivity contribution is 0.340. The van der Waals surface area contributed by atoms with E-state index in [1.807, 2.05) is 44.2 Å². The molecule has 0 spiro atoms. The first-order valence-electron chi connectivity index (χ1n) is 10.9. The third-order valence-electron chi connectivity index (χ3n) is 6.14. The second-order valence-corrected chi connectivity index (χ2v) is 10.1. The fourth-order valence-corrected chi connectivity index (χ4v) is 6.23. The molecule has 0 N–H and O–H groups in total. The Balaban J connectivity index is 1.56. The highest BCUT2D eigenvalue weighted by molar-refractivity contribution is 7.89. The van der Waals surface area contributed by atoms with Crippen LogP contribution in [0.15, 0.2) is 47.4 Å². The van der Waals surface area contributed by atoms with Gasteiger partial charge in [-0.2, -0.15) is 4.31 Å². The van der Waals surface area contributed by atoms with E-state index < -0.39 is 10.0 Å². The maximum Gasteiger partial charge on any atom is 0.243 e. The van der Waals surface area contributed by atoms with Gasteiger partial charge < -0.3 is 9.64 Å². The highest BCUT2D eigenvalue weighted by Crippen LogP contribution is 2.40. The molecule has 0 bridgehead atoms. The van der Waals surface area contributed by atoms with Crippen molar-refractivity contribution in [3.8, 4) is 5.75 Å². The van der Waals surface area contributed by atoms with Crippen LogP contribution in [0.1, 0.15) is 31.0 Å². The molecule has 1 fully saturated rings. The van der Waals surface area contributed by atoms with Gasteiger partial charge in [0.1, 0.15) is 5.75 Å². The van der Waals surface area contributed by atoms with Crippen molar-refractivity contribution in [3.05, 3.63) is 53.7 Å². The predicted molar refractivity (Wildman–Crippen MR) is 123 cm³/mol. The molecule has 1 aromatic heterocycles. The second kappa shape index (κ2) is 7.80. The van der Waals surface area contributed by atoms with Crippen LogP contribution < -0.4 is 9.64 Å². The lowest BCUT2D eigenvalue weighted by Crippen LogP contribution is -2.27. The van der Waals surface area contributed by atoms with E-state index in [4.69, 9.17) is 4.74 Å². The van der Waals surface area contributed by atoms with Gasteiger partial charge in [-0.1, -0.05) is 0 Å². The lowest BCUT2D eigenvalue weighted by Gasteiger charge is -2.23. The molecular formula is C24H27N3O3S. The molecule has 0 radical (unpaired) electrons. The van der Waals surface area contributed by atoms with Gasteiger partial charge in [0.25, 0.3) is 0 Å². The van der Waals surface area contributed by atoms with Gasteiger partial charge in [0.05, 0.1) is 22.7 Å². The summed E-state index contributed by atoms with van der Waals surface area (Å²) in [6, 6.07) is 13.7. The Hall–Kier alpha value is -2.64. The van der Waals surface area contributed by atoms with Crippen LogP contribution in [0.3, 0.4) is 0 Å². The number of benzene rings is 2. The molecule has 2 aliphatic heterocycles. The molecule has 2 aliphatic rings. The molecule has 0 atom stereocenters. The largest absolute Gasteiger partial charge is 0.494 e. The topological polar surface area (TPSA) is 62.7 Å². The van der Waals surface area contributed by atoms with Crippen LogP contribution in [0.4, 0.5) is 11.4 Å². The van der Waals surface area contributed by atoms with Gasteiger partial charge in [-0.15, -0.1) is 0 Å². The molecule has 5 rings (SSSR count). The maximum atomic E-state index is 13.0. The van der Waals surface area contributed by atoms with Crippen LogP contribution in [0.2, 0.25) is 0 Å². The molecule has 3 heterocycles. The Bertz CT molecular complexity index is 1250. The molecule has 162 valence electrons. The smallest absolute Gasteiger partial charge is 0.243 e. The number of sulfonamides is 1. The number of nitrogens with zero attached hydrogens (tertiary/aromatic N) is 3. The molecule has 7 heteroatoms. The Morgan fingerprint density at radius 2 is 1.81 bits per heavy atom.